The Morgan fingerprint density at radius 3 is 2.62 bits per heavy atom. The summed E-state index contributed by atoms with van der Waals surface area (Å²) >= 11 is 0. The molecule has 0 fully saturated rings. The fraction of sp³-hybridized carbons (Fsp3) is 0.118. The summed E-state index contributed by atoms with van der Waals surface area (Å²) in [7, 11) is 3.46. The van der Waals surface area contributed by atoms with Gasteiger partial charge in [-0.05, 0) is 29.8 Å². The van der Waals surface area contributed by atoms with E-state index >= 15 is 0 Å². The van der Waals surface area contributed by atoms with Crippen molar-refractivity contribution in [1.82, 2.24) is 4.57 Å². The SMILES string of the molecule is COc1cccc(-c2c(N)n(C)c3ccccc3c2=O)c1. The molecule has 4 nitrogen and oxygen atoms in total. The zero-order valence-corrected chi connectivity index (χ0v) is 12.0. The summed E-state index contributed by atoms with van der Waals surface area (Å²) in [5.74, 6) is 1.15. The predicted molar refractivity (Wildman–Crippen MR) is 85.6 cm³/mol. The van der Waals surface area contributed by atoms with Gasteiger partial charge in [-0.1, -0.05) is 24.3 Å². The normalized spacial score (nSPS) is 10.8. The van der Waals surface area contributed by atoms with E-state index in [2.05, 4.69) is 0 Å². The Morgan fingerprint density at radius 2 is 1.86 bits per heavy atom. The smallest absolute Gasteiger partial charge is 0.199 e. The molecule has 1 heterocycles. The molecular weight excluding hydrogens is 264 g/mol. The van der Waals surface area contributed by atoms with E-state index in [9.17, 15) is 4.79 Å². The minimum atomic E-state index is -0.0607. The van der Waals surface area contributed by atoms with Crippen molar-refractivity contribution in [2.75, 3.05) is 12.8 Å². The van der Waals surface area contributed by atoms with Crippen LogP contribution in [0.2, 0.25) is 0 Å². The fourth-order valence-electron chi connectivity index (χ4n) is 2.56. The van der Waals surface area contributed by atoms with Crippen LogP contribution < -0.4 is 15.9 Å². The molecule has 0 unspecified atom stereocenters. The number of anilines is 1. The zero-order valence-electron chi connectivity index (χ0n) is 12.0. The Morgan fingerprint density at radius 1 is 1.10 bits per heavy atom. The second kappa shape index (κ2) is 4.98. The van der Waals surface area contributed by atoms with Crippen molar-refractivity contribution < 1.29 is 4.74 Å². The van der Waals surface area contributed by atoms with Gasteiger partial charge in [0, 0.05) is 12.4 Å². The number of fused-ring (bicyclic) bond motifs is 1. The number of aryl methyl sites for hydroxylation is 1. The van der Waals surface area contributed by atoms with Gasteiger partial charge in [0.2, 0.25) is 0 Å². The Kier molecular flexibility index (Phi) is 3.14. The Hall–Kier alpha value is -2.75. The van der Waals surface area contributed by atoms with Crippen LogP contribution in [0.1, 0.15) is 0 Å². The van der Waals surface area contributed by atoms with Crippen LogP contribution in [0.25, 0.3) is 22.0 Å². The first kappa shape index (κ1) is 13.2. The molecule has 0 radical (unpaired) electrons. The number of para-hydroxylation sites is 1. The predicted octanol–water partition coefficient (Wildman–Crippen LogP) is 2.80. The van der Waals surface area contributed by atoms with Crippen LogP contribution in [-0.4, -0.2) is 11.7 Å². The average molecular weight is 280 g/mol. The van der Waals surface area contributed by atoms with Crippen LogP contribution in [0.4, 0.5) is 5.82 Å². The molecule has 0 aliphatic rings. The molecule has 0 saturated carbocycles. The topological polar surface area (TPSA) is 57.2 Å². The molecule has 0 bridgehead atoms. The first-order valence-electron chi connectivity index (χ1n) is 6.65. The van der Waals surface area contributed by atoms with E-state index in [1.165, 1.54) is 0 Å². The van der Waals surface area contributed by atoms with E-state index in [0.717, 1.165) is 11.1 Å². The number of hydrogen-bond donors (Lipinski definition) is 1. The van der Waals surface area contributed by atoms with Crippen LogP contribution >= 0.6 is 0 Å². The van der Waals surface area contributed by atoms with Crippen molar-refractivity contribution in [1.29, 1.82) is 0 Å². The van der Waals surface area contributed by atoms with Gasteiger partial charge in [-0.3, -0.25) is 4.79 Å². The van der Waals surface area contributed by atoms with Crippen molar-refractivity contribution in [2.24, 2.45) is 7.05 Å². The standard InChI is InChI=1S/C17H16N2O2/c1-19-14-9-4-3-8-13(14)16(20)15(17(19)18)11-6-5-7-12(10-11)21-2/h3-10H,18H2,1-2H3. The van der Waals surface area contributed by atoms with E-state index in [1.54, 1.807) is 7.11 Å². The highest BCUT2D eigenvalue weighted by Crippen LogP contribution is 2.28. The van der Waals surface area contributed by atoms with Gasteiger partial charge in [-0.15, -0.1) is 0 Å². The van der Waals surface area contributed by atoms with Crippen LogP contribution in [-0.2, 0) is 7.05 Å². The number of hydrogen-bond acceptors (Lipinski definition) is 3. The summed E-state index contributed by atoms with van der Waals surface area (Å²) in [4.78, 5) is 12.8. The summed E-state index contributed by atoms with van der Waals surface area (Å²) in [6.07, 6.45) is 0. The number of pyridine rings is 1. The molecule has 0 spiro atoms. The number of methoxy groups -OCH3 is 1. The first-order chi connectivity index (χ1) is 10.1. The Labute approximate surface area is 122 Å². The number of rotatable bonds is 2. The molecule has 4 heteroatoms. The highest BCUT2D eigenvalue weighted by Gasteiger charge is 2.14. The van der Waals surface area contributed by atoms with E-state index in [0.29, 0.717) is 22.5 Å². The van der Waals surface area contributed by atoms with Gasteiger partial charge in [-0.2, -0.15) is 0 Å². The maximum atomic E-state index is 12.8. The number of nitrogen functional groups attached to an aromatic ring is 1. The number of nitrogens with two attached hydrogens (primary N) is 1. The zero-order chi connectivity index (χ0) is 15.0. The van der Waals surface area contributed by atoms with Crippen LogP contribution in [0, 0.1) is 0 Å². The Balaban J connectivity index is 2.40. The van der Waals surface area contributed by atoms with Crippen LogP contribution in [0.3, 0.4) is 0 Å². The molecule has 2 N–H and O–H groups in total. The van der Waals surface area contributed by atoms with E-state index in [4.69, 9.17) is 10.5 Å². The van der Waals surface area contributed by atoms with Gasteiger partial charge >= 0.3 is 0 Å². The summed E-state index contributed by atoms with van der Waals surface area (Å²) in [6.45, 7) is 0. The summed E-state index contributed by atoms with van der Waals surface area (Å²) in [5.41, 5.74) is 8.23. The molecule has 1 aromatic heterocycles. The minimum Gasteiger partial charge on any atom is -0.497 e. The molecular formula is C17H16N2O2. The largest absolute Gasteiger partial charge is 0.497 e. The third-order valence-corrected chi connectivity index (χ3v) is 3.71. The maximum absolute atomic E-state index is 12.8. The second-order valence-corrected chi connectivity index (χ2v) is 4.90. The third kappa shape index (κ3) is 2.05. The van der Waals surface area contributed by atoms with Gasteiger partial charge in [-0.25, -0.2) is 0 Å². The lowest BCUT2D eigenvalue weighted by Crippen LogP contribution is -2.15. The van der Waals surface area contributed by atoms with Crippen molar-refractivity contribution in [3.05, 3.63) is 58.8 Å². The molecule has 0 saturated heterocycles. The Bertz CT molecular complexity index is 882. The summed E-state index contributed by atoms with van der Waals surface area (Å²) in [5, 5.41) is 0.659. The molecule has 3 aromatic rings. The number of benzene rings is 2. The van der Waals surface area contributed by atoms with Crippen LogP contribution in [0.5, 0.6) is 5.75 Å². The summed E-state index contributed by atoms with van der Waals surface area (Å²) in [6, 6.07) is 14.8. The molecule has 106 valence electrons. The van der Waals surface area contributed by atoms with Crippen LogP contribution in [0.15, 0.2) is 53.3 Å². The van der Waals surface area contributed by atoms with Gasteiger partial charge < -0.3 is 15.0 Å². The lowest BCUT2D eigenvalue weighted by atomic mass is 10.0. The van der Waals surface area contributed by atoms with Gasteiger partial charge in [0.05, 0.1) is 18.2 Å². The highest BCUT2D eigenvalue weighted by molar-refractivity contribution is 5.89. The number of ether oxygens (including phenoxy) is 1. The van der Waals surface area contributed by atoms with Gasteiger partial charge in [0.25, 0.3) is 0 Å². The molecule has 21 heavy (non-hydrogen) atoms. The van der Waals surface area contributed by atoms with Gasteiger partial charge in [0.1, 0.15) is 11.6 Å². The summed E-state index contributed by atoms with van der Waals surface area (Å²) < 4.78 is 7.06. The lowest BCUT2D eigenvalue weighted by molar-refractivity contribution is 0.415. The quantitative estimate of drug-likeness (QED) is 0.785. The molecule has 2 aromatic carbocycles. The number of aromatic nitrogens is 1. The molecule has 0 atom stereocenters. The van der Waals surface area contributed by atoms with Crippen molar-refractivity contribution in [2.45, 2.75) is 0 Å². The molecule has 0 aliphatic carbocycles. The monoisotopic (exact) mass is 280 g/mol. The minimum absolute atomic E-state index is 0.0607. The van der Waals surface area contributed by atoms with Crippen molar-refractivity contribution >= 4 is 16.7 Å². The second-order valence-electron chi connectivity index (χ2n) is 4.90. The first-order valence-corrected chi connectivity index (χ1v) is 6.65. The van der Waals surface area contributed by atoms with Crippen molar-refractivity contribution in [3.63, 3.8) is 0 Å². The molecule has 0 aliphatic heterocycles. The van der Waals surface area contributed by atoms with Crippen molar-refractivity contribution in [3.8, 4) is 16.9 Å². The van der Waals surface area contributed by atoms with E-state index in [-0.39, 0.29) is 5.43 Å². The van der Waals surface area contributed by atoms with E-state index < -0.39 is 0 Å². The molecule has 0 amide bonds. The van der Waals surface area contributed by atoms with Gasteiger partial charge in [0.15, 0.2) is 5.43 Å². The average Bonchev–Trinajstić information content (AvgIpc) is 2.53. The fourth-order valence-corrected chi connectivity index (χ4v) is 2.56. The maximum Gasteiger partial charge on any atom is 0.199 e. The molecule has 3 rings (SSSR count). The third-order valence-electron chi connectivity index (χ3n) is 3.71. The van der Waals surface area contributed by atoms with E-state index in [1.807, 2.05) is 60.1 Å². The highest BCUT2D eigenvalue weighted by atomic mass is 16.5. The number of nitrogens with zero attached hydrogens (tertiary/aromatic N) is 1. The lowest BCUT2D eigenvalue weighted by Gasteiger charge is -2.14.